The first kappa shape index (κ1) is 14.9. The number of hydrogen-bond donors (Lipinski definition) is 0. The fourth-order valence-corrected chi connectivity index (χ4v) is 2.08. The quantitative estimate of drug-likeness (QED) is 0.696. The van der Waals surface area contributed by atoms with Crippen molar-refractivity contribution >= 4 is 11.7 Å². The molecule has 4 nitrogen and oxygen atoms in total. The van der Waals surface area contributed by atoms with Crippen LogP contribution >= 0.6 is 0 Å². The Morgan fingerprint density at radius 3 is 2.11 bits per heavy atom. The number of nitrogens with zero attached hydrogens (tertiary/aromatic N) is 2. The average Bonchev–Trinajstić information content (AvgIpc) is 2.35. The van der Waals surface area contributed by atoms with Crippen molar-refractivity contribution in [2.45, 2.75) is 39.7 Å². The zero-order valence-corrected chi connectivity index (χ0v) is 11.7. The van der Waals surface area contributed by atoms with Crippen LogP contribution in [-0.4, -0.2) is 53.7 Å². The van der Waals surface area contributed by atoms with Gasteiger partial charge in [-0.1, -0.05) is 6.58 Å². The lowest BCUT2D eigenvalue weighted by Crippen LogP contribution is -2.50. The van der Waals surface area contributed by atoms with Crippen LogP contribution in [0.25, 0.3) is 0 Å². The second-order valence-electron chi connectivity index (χ2n) is 5.21. The summed E-state index contributed by atoms with van der Waals surface area (Å²) in [5.41, 5.74) is 0.535. The van der Waals surface area contributed by atoms with Crippen LogP contribution in [-0.2, 0) is 9.59 Å². The fraction of sp³-hybridized carbons (Fsp3) is 0.714. The highest BCUT2D eigenvalue weighted by Gasteiger charge is 2.22. The highest BCUT2D eigenvalue weighted by molar-refractivity contribution is 5.96. The Hall–Kier alpha value is -1.16. The van der Waals surface area contributed by atoms with Gasteiger partial charge in [0, 0.05) is 45.1 Å². The summed E-state index contributed by atoms with van der Waals surface area (Å²) in [5, 5.41) is 0. The highest BCUT2D eigenvalue weighted by atomic mass is 16.2. The molecule has 0 aromatic carbocycles. The van der Waals surface area contributed by atoms with E-state index in [4.69, 9.17) is 0 Å². The molecule has 1 saturated heterocycles. The van der Waals surface area contributed by atoms with Gasteiger partial charge in [0.1, 0.15) is 0 Å². The largest absolute Gasteiger partial charge is 0.340 e. The van der Waals surface area contributed by atoms with Crippen molar-refractivity contribution in [3.63, 3.8) is 0 Å². The maximum absolute atomic E-state index is 11.9. The van der Waals surface area contributed by atoms with Gasteiger partial charge < -0.3 is 4.90 Å². The second-order valence-corrected chi connectivity index (χ2v) is 5.21. The predicted octanol–water partition coefficient (Wildman–Crippen LogP) is 1.46. The van der Waals surface area contributed by atoms with E-state index < -0.39 is 0 Å². The summed E-state index contributed by atoms with van der Waals surface area (Å²) in [6.07, 6.45) is 0.603. The zero-order chi connectivity index (χ0) is 13.7. The van der Waals surface area contributed by atoms with Crippen LogP contribution in [0, 0.1) is 0 Å². The van der Waals surface area contributed by atoms with Crippen LogP contribution in [0.5, 0.6) is 0 Å². The van der Waals surface area contributed by atoms with E-state index >= 15 is 0 Å². The van der Waals surface area contributed by atoms with E-state index in [0.29, 0.717) is 24.5 Å². The molecule has 0 aromatic heterocycles. The second kappa shape index (κ2) is 6.69. The van der Waals surface area contributed by atoms with Crippen LogP contribution in [0.2, 0.25) is 0 Å². The van der Waals surface area contributed by atoms with Crippen LogP contribution in [0.15, 0.2) is 12.2 Å². The van der Waals surface area contributed by atoms with E-state index in [-0.39, 0.29) is 11.7 Å². The molecule has 0 bridgehead atoms. The third-order valence-electron chi connectivity index (χ3n) is 3.44. The van der Waals surface area contributed by atoms with Crippen molar-refractivity contribution in [1.82, 2.24) is 9.80 Å². The van der Waals surface area contributed by atoms with Crippen molar-refractivity contribution in [2.24, 2.45) is 0 Å². The first-order chi connectivity index (χ1) is 8.41. The molecule has 0 unspecified atom stereocenters. The molecule has 1 amide bonds. The topological polar surface area (TPSA) is 40.6 Å². The Kier molecular flexibility index (Phi) is 5.54. The van der Waals surface area contributed by atoms with Gasteiger partial charge >= 0.3 is 0 Å². The number of allylic oxidation sites excluding steroid dienone is 1. The molecular weight excluding hydrogens is 228 g/mol. The summed E-state index contributed by atoms with van der Waals surface area (Å²) in [6.45, 7) is 13.0. The van der Waals surface area contributed by atoms with Gasteiger partial charge in [-0.15, -0.1) is 0 Å². The number of carbonyl (C=O) groups is 2. The molecule has 0 spiro atoms. The van der Waals surface area contributed by atoms with Crippen molar-refractivity contribution in [2.75, 3.05) is 26.2 Å². The molecule has 18 heavy (non-hydrogen) atoms. The van der Waals surface area contributed by atoms with Gasteiger partial charge in [0.15, 0.2) is 5.78 Å². The van der Waals surface area contributed by atoms with Gasteiger partial charge in [0.2, 0.25) is 5.91 Å². The molecule has 0 atom stereocenters. The van der Waals surface area contributed by atoms with Gasteiger partial charge in [-0.3, -0.25) is 14.5 Å². The molecule has 1 fully saturated rings. The number of amides is 1. The van der Waals surface area contributed by atoms with Crippen molar-refractivity contribution in [1.29, 1.82) is 0 Å². The molecule has 1 aliphatic rings. The third-order valence-corrected chi connectivity index (χ3v) is 3.44. The Balaban J connectivity index is 2.32. The number of Topliss-reactive ketones (excluding diaryl/α,β-unsaturated/α-hetero) is 1. The standard InChI is InChI=1S/C14H24N2O2/c1-11(2)13(17)5-6-14(18)16-9-7-15(8-10-16)12(3)4/h12H,1,5-10H2,2-4H3. The Morgan fingerprint density at radius 1 is 1.11 bits per heavy atom. The Labute approximate surface area is 110 Å². The first-order valence-corrected chi connectivity index (χ1v) is 6.62. The lowest BCUT2D eigenvalue weighted by atomic mass is 10.1. The summed E-state index contributed by atoms with van der Waals surface area (Å²) < 4.78 is 0. The van der Waals surface area contributed by atoms with E-state index in [2.05, 4.69) is 25.3 Å². The lowest BCUT2D eigenvalue weighted by Gasteiger charge is -2.37. The molecule has 1 aliphatic heterocycles. The van der Waals surface area contributed by atoms with E-state index in [0.717, 1.165) is 26.2 Å². The number of carbonyl (C=O) groups excluding carboxylic acids is 2. The number of hydrogen-bond acceptors (Lipinski definition) is 3. The minimum Gasteiger partial charge on any atom is -0.340 e. The Morgan fingerprint density at radius 2 is 1.67 bits per heavy atom. The molecule has 0 N–H and O–H groups in total. The maximum Gasteiger partial charge on any atom is 0.223 e. The summed E-state index contributed by atoms with van der Waals surface area (Å²) in [4.78, 5) is 27.5. The molecule has 102 valence electrons. The fourth-order valence-electron chi connectivity index (χ4n) is 2.08. The minimum absolute atomic E-state index is 0.0100. The average molecular weight is 252 g/mol. The highest BCUT2D eigenvalue weighted by Crippen LogP contribution is 2.09. The number of ketones is 1. The summed E-state index contributed by atoms with van der Waals surface area (Å²) in [7, 11) is 0. The van der Waals surface area contributed by atoms with Crippen molar-refractivity contribution in [3.05, 3.63) is 12.2 Å². The monoisotopic (exact) mass is 252 g/mol. The summed E-state index contributed by atoms with van der Waals surface area (Å²) in [6, 6.07) is 0.534. The van der Waals surface area contributed by atoms with E-state index in [1.807, 2.05) is 4.90 Å². The molecule has 0 saturated carbocycles. The van der Waals surface area contributed by atoms with Crippen molar-refractivity contribution in [3.8, 4) is 0 Å². The molecule has 0 aromatic rings. The first-order valence-electron chi connectivity index (χ1n) is 6.62. The van der Waals surface area contributed by atoms with E-state index in [1.54, 1.807) is 6.92 Å². The van der Waals surface area contributed by atoms with Gasteiger partial charge in [0.25, 0.3) is 0 Å². The van der Waals surface area contributed by atoms with Crippen LogP contribution in [0.1, 0.15) is 33.6 Å². The molecule has 1 heterocycles. The normalized spacial score (nSPS) is 17.0. The minimum atomic E-state index is -0.0100. The van der Waals surface area contributed by atoms with Gasteiger partial charge in [-0.25, -0.2) is 0 Å². The number of rotatable bonds is 5. The summed E-state index contributed by atoms with van der Waals surface area (Å²) >= 11 is 0. The maximum atomic E-state index is 11.9. The summed E-state index contributed by atoms with van der Waals surface area (Å²) in [5.74, 6) is 0.0807. The van der Waals surface area contributed by atoms with Crippen LogP contribution < -0.4 is 0 Å². The third kappa shape index (κ3) is 4.26. The lowest BCUT2D eigenvalue weighted by molar-refractivity contribution is -0.134. The van der Waals surface area contributed by atoms with Gasteiger partial charge in [-0.05, 0) is 26.3 Å². The zero-order valence-electron chi connectivity index (χ0n) is 11.7. The van der Waals surface area contributed by atoms with Crippen LogP contribution in [0.4, 0.5) is 0 Å². The molecule has 0 aliphatic carbocycles. The number of piperazine rings is 1. The molecule has 4 heteroatoms. The van der Waals surface area contributed by atoms with Crippen LogP contribution in [0.3, 0.4) is 0 Å². The molecule has 0 radical (unpaired) electrons. The predicted molar refractivity (Wildman–Crippen MR) is 72.3 cm³/mol. The SMILES string of the molecule is C=C(C)C(=O)CCC(=O)N1CCN(C(C)C)CC1. The molecule has 1 rings (SSSR count). The Bertz CT molecular complexity index is 329. The van der Waals surface area contributed by atoms with Gasteiger partial charge in [-0.2, -0.15) is 0 Å². The molecular formula is C14H24N2O2. The van der Waals surface area contributed by atoms with Gasteiger partial charge in [0.05, 0.1) is 0 Å². The van der Waals surface area contributed by atoms with Crippen molar-refractivity contribution < 1.29 is 9.59 Å². The smallest absolute Gasteiger partial charge is 0.223 e. The van der Waals surface area contributed by atoms with E-state index in [1.165, 1.54) is 0 Å². The van der Waals surface area contributed by atoms with E-state index in [9.17, 15) is 9.59 Å².